The Bertz CT molecular complexity index is 581. The van der Waals surface area contributed by atoms with Crippen LogP contribution < -0.4 is 0 Å². The molecule has 2 rings (SSSR count). The van der Waals surface area contributed by atoms with E-state index in [4.69, 9.17) is 4.74 Å². The van der Waals surface area contributed by atoms with Crippen molar-refractivity contribution in [1.82, 2.24) is 15.0 Å². The zero-order chi connectivity index (χ0) is 15.1. The average Bonchev–Trinajstić information content (AvgIpc) is 2.92. The van der Waals surface area contributed by atoms with E-state index in [-0.39, 0.29) is 5.69 Å². The third kappa shape index (κ3) is 3.88. The van der Waals surface area contributed by atoms with Crippen LogP contribution in [0.5, 0.6) is 0 Å². The second kappa shape index (κ2) is 7.54. The van der Waals surface area contributed by atoms with Gasteiger partial charge in [0, 0.05) is 12.2 Å². The van der Waals surface area contributed by atoms with E-state index in [1.165, 1.54) is 0 Å². The first kappa shape index (κ1) is 15.2. The van der Waals surface area contributed by atoms with Crippen molar-refractivity contribution in [2.24, 2.45) is 0 Å². The predicted molar refractivity (Wildman–Crippen MR) is 78.1 cm³/mol. The van der Waals surface area contributed by atoms with Crippen LogP contribution in [0.4, 0.5) is 0 Å². The smallest absolute Gasteiger partial charge is 0.358 e. The highest BCUT2D eigenvalue weighted by Gasteiger charge is 2.20. The van der Waals surface area contributed by atoms with Gasteiger partial charge in [0.25, 0.3) is 0 Å². The van der Waals surface area contributed by atoms with Crippen LogP contribution in [0.15, 0.2) is 30.3 Å². The van der Waals surface area contributed by atoms with E-state index in [1.54, 1.807) is 4.68 Å². The Morgan fingerprint density at radius 2 is 2.05 bits per heavy atom. The van der Waals surface area contributed by atoms with Gasteiger partial charge in [0.1, 0.15) is 5.69 Å². The second-order valence-electron chi connectivity index (χ2n) is 4.65. The summed E-state index contributed by atoms with van der Waals surface area (Å²) in [5, 5.41) is 16.9. The molecular formula is C15H19N3O3. The molecule has 0 atom stereocenters. The molecule has 112 valence electrons. The highest BCUT2D eigenvalue weighted by Crippen LogP contribution is 2.21. The minimum atomic E-state index is -1.08. The number of unbranched alkanes of at least 4 members (excludes halogenated alkanes) is 1. The van der Waals surface area contributed by atoms with Gasteiger partial charge in [-0.3, -0.25) is 0 Å². The molecule has 0 fully saturated rings. The Balaban J connectivity index is 2.16. The van der Waals surface area contributed by atoms with Gasteiger partial charge in [0.2, 0.25) is 0 Å². The predicted octanol–water partition coefficient (Wildman–Crippen LogP) is 2.46. The first-order valence-corrected chi connectivity index (χ1v) is 7.04. The average molecular weight is 289 g/mol. The van der Waals surface area contributed by atoms with Crippen molar-refractivity contribution in [1.29, 1.82) is 0 Å². The third-order valence-corrected chi connectivity index (χ3v) is 3.07. The molecule has 0 saturated heterocycles. The first-order valence-electron chi connectivity index (χ1n) is 7.04. The number of carboxylic acid groups (broad SMARTS) is 1. The summed E-state index contributed by atoms with van der Waals surface area (Å²) in [6.45, 7) is 3.78. The summed E-state index contributed by atoms with van der Waals surface area (Å²) in [4.78, 5) is 11.3. The highest BCUT2D eigenvalue weighted by atomic mass is 16.5. The van der Waals surface area contributed by atoms with E-state index >= 15 is 0 Å². The molecule has 0 aliphatic rings. The summed E-state index contributed by atoms with van der Waals surface area (Å²) >= 11 is 0. The summed E-state index contributed by atoms with van der Waals surface area (Å²) in [6, 6.07) is 9.29. The number of carbonyl (C=O) groups is 1. The monoisotopic (exact) mass is 289 g/mol. The molecule has 0 unspecified atom stereocenters. The number of nitrogens with zero attached hydrogens (tertiary/aromatic N) is 3. The number of benzene rings is 1. The Morgan fingerprint density at radius 3 is 2.71 bits per heavy atom. The highest BCUT2D eigenvalue weighted by molar-refractivity contribution is 5.92. The van der Waals surface area contributed by atoms with E-state index in [0.29, 0.717) is 25.5 Å². The fourth-order valence-corrected chi connectivity index (χ4v) is 1.99. The largest absolute Gasteiger partial charge is 0.476 e. The minimum absolute atomic E-state index is 0.0326. The van der Waals surface area contributed by atoms with Crippen molar-refractivity contribution in [2.75, 3.05) is 13.2 Å². The molecule has 0 bridgehead atoms. The van der Waals surface area contributed by atoms with Crippen LogP contribution in [0.1, 0.15) is 30.3 Å². The maximum Gasteiger partial charge on any atom is 0.358 e. The minimum Gasteiger partial charge on any atom is -0.476 e. The van der Waals surface area contributed by atoms with Crippen LogP contribution in [0.2, 0.25) is 0 Å². The van der Waals surface area contributed by atoms with Gasteiger partial charge in [0.15, 0.2) is 5.69 Å². The molecule has 0 saturated carbocycles. The van der Waals surface area contributed by atoms with Gasteiger partial charge in [-0.1, -0.05) is 48.9 Å². The lowest BCUT2D eigenvalue weighted by Gasteiger charge is -2.08. The van der Waals surface area contributed by atoms with Crippen molar-refractivity contribution in [2.45, 2.75) is 26.3 Å². The summed E-state index contributed by atoms with van der Waals surface area (Å²) in [5.41, 5.74) is 1.27. The van der Waals surface area contributed by atoms with Crippen LogP contribution >= 0.6 is 0 Å². The van der Waals surface area contributed by atoms with Gasteiger partial charge < -0.3 is 9.84 Å². The molecule has 1 aromatic carbocycles. The topological polar surface area (TPSA) is 77.2 Å². The zero-order valence-electron chi connectivity index (χ0n) is 12.0. The van der Waals surface area contributed by atoms with Crippen LogP contribution in [-0.4, -0.2) is 39.3 Å². The molecule has 21 heavy (non-hydrogen) atoms. The van der Waals surface area contributed by atoms with Crippen molar-refractivity contribution in [3.63, 3.8) is 0 Å². The summed E-state index contributed by atoms with van der Waals surface area (Å²) in [5.74, 6) is -1.08. The van der Waals surface area contributed by atoms with Crippen molar-refractivity contribution in [3.8, 4) is 11.3 Å². The van der Waals surface area contributed by atoms with E-state index in [1.807, 2.05) is 30.3 Å². The van der Waals surface area contributed by atoms with E-state index in [0.717, 1.165) is 18.4 Å². The second-order valence-corrected chi connectivity index (χ2v) is 4.65. The molecule has 0 spiro atoms. The van der Waals surface area contributed by atoms with E-state index in [2.05, 4.69) is 17.2 Å². The number of carboxylic acids is 1. The lowest BCUT2D eigenvalue weighted by atomic mass is 10.1. The number of hydrogen-bond acceptors (Lipinski definition) is 4. The maximum atomic E-state index is 11.3. The zero-order valence-corrected chi connectivity index (χ0v) is 12.0. The molecule has 6 nitrogen and oxygen atoms in total. The Hall–Kier alpha value is -2.21. The maximum absolute atomic E-state index is 11.3. The van der Waals surface area contributed by atoms with E-state index < -0.39 is 5.97 Å². The lowest BCUT2D eigenvalue weighted by Crippen LogP contribution is -2.10. The van der Waals surface area contributed by atoms with Crippen LogP contribution in [0, 0.1) is 0 Å². The molecule has 0 aliphatic heterocycles. The summed E-state index contributed by atoms with van der Waals surface area (Å²) in [7, 11) is 0. The standard InChI is InChI=1S/C15H19N3O3/c1-2-3-10-21-11-9-18-14(12-7-5-4-6-8-12)13(15(19)20)16-17-18/h4-8H,2-3,9-11H2,1H3,(H,19,20). The molecule has 0 radical (unpaired) electrons. The Labute approximate surface area is 123 Å². The van der Waals surface area contributed by atoms with Gasteiger partial charge in [0.05, 0.1) is 13.2 Å². The molecule has 0 aliphatic carbocycles. The van der Waals surface area contributed by atoms with Gasteiger partial charge in [-0.05, 0) is 6.42 Å². The van der Waals surface area contributed by atoms with Crippen LogP contribution in [0.3, 0.4) is 0 Å². The van der Waals surface area contributed by atoms with E-state index in [9.17, 15) is 9.90 Å². The normalized spacial score (nSPS) is 10.7. The fourth-order valence-electron chi connectivity index (χ4n) is 1.99. The van der Waals surface area contributed by atoms with Gasteiger partial charge >= 0.3 is 5.97 Å². The third-order valence-electron chi connectivity index (χ3n) is 3.07. The van der Waals surface area contributed by atoms with Crippen LogP contribution in [0.25, 0.3) is 11.3 Å². The number of ether oxygens (including phenoxy) is 1. The number of aromatic carboxylic acids is 1. The molecular weight excluding hydrogens is 270 g/mol. The lowest BCUT2D eigenvalue weighted by molar-refractivity contribution is 0.0691. The molecule has 6 heteroatoms. The summed E-state index contributed by atoms with van der Waals surface area (Å²) < 4.78 is 7.09. The van der Waals surface area contributed by atoms with Gasteiger partial charge in [-0.2, -0.15) is 0 Å². The number of hydrogen-bond donors (Lipinski definition) is 1. The molecule has 0 amide bonds. The molecule has 2 aromatic rings. The SMILES string of the molecule is CCCCOCCn1nnc(C(=O)O)c1-c1ccccc1. The fraction of sp³-hybridized carbons (Fsp3) is 0.400. The molecule has 1 N–H and O–H groups in total. The Kier molecular flexibility index (Phi) is 5.45. The van der Waals surface area contributed by atoms with Crippen molar-refractivity contribution < 1.29 is 14.6 Å². The number of aromatic nitrogens is 3. The number of rotatable bonds is 8. The van der Waals surface area contributed by atoms with Crippen LogP contribution in [-0.2, 0) is 11.3 Å². The molecule has 1 aromatic heterocycles. The van der Waals surface area contributed by atoms with Crippen molar-refractivity contribution >= 4 is 5.97 Å². The van der Waals surface area contributed by atoms with Crippen molar-refractivity contribution in [3.05, 3.63) is 36.0 Å². The molecule has 1 heterocycles. The Morgan fingerprint density at radius 1 is 1.29 bits per heavy atom. The summed E-state index contributed by atoms with van der Waals surface area (Å²) in [6.07, 6.45) is 2.10. The quantitative estimate of drug-likeness (QED) is 0.755. The van der Waals surface area contributed by atoms with Gasteiger partial charge in [-0.25, -0.2) is 9.48 Å². The van der Waals surface area contributed by atoms with Gasteiger partial charge in [-0.15, -0.1) is 5.10 Å². The first-order chi connectivity index (χ1) is 10.2.